The Labute approximate surface area is 147 Å². The third kappa shape index (κ3) is 3.35. The van der Waals surface area contributed by atoms with Crippen LogP contribution in [0.3, 0.4) is 0 Å². The SMILES string of the molecule is Nc1ncc(-c2ccc(S(N)(=O)=O)cc2)cc1-c1cc(F)c(O)c(F)c1. The van der Waals surface area contributed by atoms with E-state index in [1.165, 1.54) is 30.5 Å². The van der Waals surface area contributed by atoms with E-state index in [1.807, 2.05) is 0 Å². The summed E-state index contributed by atoms with van der Waals surface area (Å²) in [4.78, 5) is 3.96. The van der Waals surface area contributed by atoms with Crippen LogP contribution >= 0.6 is 0 Å². The van der Waals surface area contributed by atoms with Crippen LogP contribution in [-0.4, -0.2) is 18.5 Å². The molecule has 3 aromatic rings. The van der Waals surface area contributed by atoms with E-state index >= 15 is 0 Å². The van der Waals surface area contributed by atoms with Gasteiger partial charge in [0.15, 0.2) is 17.4 Å². The third-order valence-electron chi connectivity index (χ3n) is 3.76. The molecule has 0 bridgehead atoms. The number of rotatable bonds is 3. The third-order valence-corrected chi connectivity index (χ3v) is 4.69. The number of pyridine rings is 1. The Bertz CT molecular complexity index is 1080. The average Bonchev–Trinajstić information content (AvgIpc) is 2.59. The Morgan fingerprint density at radius 1 is 0.923 bits per heavy atom. The van der Waals surface area contributed by atoms with E-state index < -0.39 is 27.4 Å². The number of nitrogens with zero attached hydrogens (tertiary/aromatic N) is 1. The molecule has 3 rings (SSSR count). The second-order valence-corrected chi connectivity index (χ2v) is 7.08. The molecule has 9 heteroatoms. The van der Waals surface area contributed by atoms with E-state index in [-0.39, 0.29) is 21.8 Å². The van der Waals surface area contributed by atoms with Crippen LogP contribution in [-0.2, 0) is 10.0 Å². The molecule has 0 saturated carbocycles. The molecule has 134 valence electrons. The van der Waals surface area contributed by atoms with Crippen LogP contribution in [0, 0.1) is 11.6 Å². The summed E-state index contributed by atoms with van der Waals surface area (Å²) in [7, 11) is -3.82. The van der Waals surface area contributed by atoms with E-state index in [1.54, 1.807) is 6.07 Å². The molecule has 0 aliphatic heterocycles. The van der Waals surface area contributed by atoms with Crippen LogP contribution in [0.5, 0.6) is 5.75 Å². The van der Waals surface area contributed by atoms with Gasteiger partial charge in [-0.15, -0.1) is 0 Å². The van der Waals surface area contributed by atoms with E-state index in [0.29, 0.717) is 11.1 Å². The van der Waals surface area contributed by atoms with Crippen molar-refractivity contribution in [2.75, 3.05) is 5.73 Å². The molecule has 1 heterocycles. The first kappa shape index (κ1) is 17.8. The number of phenolic OH excluding ortho intramolecular Hbond substituents is 1. The minimum absolute atomic E-state index is 0.0411. The minimum Gasteiger partial charge on any atom is -0.503 e. The van der Waals surface area contributed by atoms with Gasteiger partial charge in [0.1, 0.15) is 5.82 Å². The first-order valence-electron chi connectivity index (χ1n) is 7.24. The second kappa shape index (κ2) is 6.36. The summed E-state index contributed by atoms with van der Waals surface area (Å²) >= 11 is 0. The molecular weight excluding hydrogens is 364 g/mol. The highest BCUT2D eigenvalue weighted by atomic mass is 32.2. The van der Waals surface area contributed by atoms with Crippen molar-refractivity contribution in [1.29, 1.82) is 0 Å². The van der Waals surface area contributed by atoms with E-state index in [2.05, 4.69) is 4.98 Å². The van der Waals surface area contributed by atoms with Gasteiger partial charge in [-0.2, -0.15) is 0 Å². The van der Waals surface area contributed by atoms with Crippen LogP contribution in [0.2, 0.25) is 0 Å². The van der Waals surface area contributed by atoms with Crippen molar-refractivity contribution in [2.24, 2.45) is 5.14 Å². The lowest BCUT2D eigenvalue weighted by molar-refractivity contribution is 0.396. The van der Waals surface area contributed by atoms with Crippen LogP contribution in [0.4, 0.5) is 14.6 Å². The number of phenols is 1. The van der Waals surface area contributed by atoms with Gasteiger partial charge < -0.3 is 10.8 Å². The number of nitrogens with two attached hydrogens (primary N) is 2. The van der Waals surface area contributed by atoms with Gasteiger partial charge in [-0.05, 0) is 41.5 Å². The highest BCUT2D eigenvalue weighted by molar-refractivity contribution is 7.89. The topological polar surface area (TPSA) is 119 Å². The molecule has 2 aromatic carbocycles. The van der Waals surface area contributed by atoms with Crippen LogP contribution in [0.15, 0.2) is 53.6 Å². The minimum atomic E-state index is -3.82. The fourth-order valence-electron chi connectivity index (χ4n) is 2.42. The van der Waals surface area contributed by atoms with E-state index in [9.17, 15) is 22.3 Å². The average molecular weight is 377 g/mol. The van der Waals surface area contributed by atoms with E-state index in [0.717, 1.165) is 12.1 Å². The number of anilines is 1. The van der Waals surface area contributed by atoms with Crippen molar-refractivity contribution in [3.8, 4) is 28.0 Å². The Morgan fingerprint density at radius 3 is 2.04 bits per heavy atom. The number of hydrogen-bond acceptors (Lipinski definition) is 5. The normalized spacial score (nSPS) is 11.5. The standard InChI is InChI=1S/C17H13F2N3O3S/c18-14-6-10(7-15(19)16(14)23)13-5-11(8-22-17(13)20)9-1-3-12(4-2-9)26(21,24)25/h1-8,23H,(H2,20,22)(H2,21,24,25). The molecule has 0 amide bonds. The zero-order valence-corrected chi connectivity index (χ0v) is 14.0. The Kier molecular flexibility index (Phi) is 4.34. The first-order valence-corrected chi connectivity index (χ1v) is 8.78. The lowest BCUT2D eigenvalue weighted by atomic mass is 10.0. The summed E-state index contributed by atoms with van der Waals surface area (Å²) in [5.74, 6) is -3.28. The van der Waals surface area contributed by atoms with Crippen LogP contribution in [0.25, 0.3) is 22.3 Å². The number of sulfonamides is 1. The summed E-state index contributed by atoms with van der Waals surface area (Å²) < 4.78 is 49.9. The highest BCUT2D eigenvalue weighted by Crippen LogP contribution is 2.33. The number of nitrogen functional groups attached to an aromatic ring is 1. The summed E-state index contributed by atoms with van der Waals surface area (Å²) in [5, 5.41) is 14.3. The van der Waals surface area contributed by atoms with Crippen molar-refractivity contribution in [3.63, 3.8) is 0 Å². The number of aromatic hydroxyl groups is 1. The predicted molar refractivity (Wildman–Crippen MR) is 92.5 cm³/mol. The summed E-state index contributed by atoms with van der Waals surface area (Å²) in [6, 6.07) is 9.16. The molecule has 0 spiro atoms. The van der Waals surface area contributed by atoms with Crippen molar-refractivity contribution >= 4 is 15.8 Å². The summed E-state index contributed by atoms with van der Waals surface area (Å²) in [6.45, 7) is 0. The largest absolute Gasteiger partial charge is 0.503 e. The van der Waals surface area contributed by atoms with Gasteiger partial charge in [0.05, 0.1) is 4.90 Å². The Hall–Kier alpha value is -3.04. The Balaban J connectivity index is 2.09. The van der Waals surface area contributed by atoms with Crippen molar-refractivity contribution in [1.82, 2.24) is 4.98 Å². The smallest absolute Gasteiger partial charge is 0.238 e. The number of halogens is 2. The van der Waals surface area contributed by atoms with E-state index in [4.69, 9.17) is 10.9 Å². The summed E-state index contributed by atoms with van der Waals surface area (Å²) in [5.41, 5.74) is 7.32. The molecule has 6 nitrogen and oxygen atoms in total. The maximum Gasteiger partial charge on any atom is 0.238 e. The number of aromatic nitrogens is 1. The molecule has 0 unspecified atom stereocenters. The van der Waals surface area contributed by atoms with Gasteiger partial charge in [-0.1, -0.05) is 12.1 Å². The fourth-order valence-corrected chi connectivity index (χ4v) is 2.94. The lowest BCUT2D eigenvalue weighted by Crippen LogP contribution is -2.11. The van der Waals surface area contributed by atoms with Gasteiger partial charge in [0, 0.05) is 17.3 Å². The molecular formula is C17H13F2N3O3S. The quantitative estimate of drug-likeness (QED) is 0.648. The van der Waals surface area contributed by atoms with Gasteiger partial charge in [0.25, 0.3) is 0 Å². The lowest BCUT2D eigenvalue weighted by Gasteiger charge is -2.10. The first-order chi connectivity index (χ1) is 12.2. The van der Waals surface area contributed by atoms with Crippen molar-refractivity contribution < 1.29 is 22.3 Å². The molecule has 0 aliphatic carbocycles. The van der Waals surface area contributed by atoms with Crippen molar-refractivity contribution in [3.05, 3.63) is 60.3 Å². The molecule has 0 radical (unpaired) electrons. The Morgan fingerprint density at radius 2 is 1.50 bits per heavy atom. The van der Waals surface area contributed by atoms with Crippen LogP contribution in [0.1, 0.15) is 0 Å². The highest BCUT2D eigenvalue weighted by Gasteiger charge is 2.14. The zero-order valence-electron chi connectivity index (χ0n) is 13.1. The molecule has 5 N–H and O–H groups in total. The molecule has 0 atom stereocenters. The van der Waals surface area contributed by atoms with Gasteiger partial charge in [0.2, 0.25) is 10.0 Å². The van der Waals surface area contributed by atoms with Crippen LogP contribution < -0.4 is 10.9 Å². The second-order valence-electron chi connectivity index (χ2n) is 5.51. The van der Waals surface area contributed by atoms with Gasteiger partial charge >= 0.3 is 0 Å². The molecule has 0 aliphatic rings. The monoisotopic (exact) mass is 377 g/mol. The molecule has 26 heavy (non-hydrogen) atoms. The zero-order chi connectivity index (χ0) is 19.1. The number of hydrogen-bond donors (Lipinski definition) is 3. The fraction of sp³-hybridized carbons (Fsp3) is 0. The maximum atomic E-state index is 13.6. The number of benzene rings is 2. The molecule has 0 saturated heterocycles. The molecule has 1 aromatic heterocycles. The van der Waals surface area contributed by atoms with Crippen molar-refractivity contribution in [2.45, 2.75) is 4.90 Å². The maximum absolute atomic E-state index is 13.6. The summed E-state index contributed by atoms with van der Waals surface area (Å²) in [6.07, 6.45) is 1.44. The number of primary sulfonamides is 1. The molecule has 0 fully saturated rings. The van der Waals surface area contributed by atoms with Gasteiger partial charge in [-0.25, -0.2) is 27.3 Å². The van der Waals surface area contributed by atoms with Gasteiger partial charge in [-0.3, -0.25) is 0 Å². The predicted octanol–water partition coefficient (Wildman–Crippen LogP) is 2.63.